The zero-order valence-electron chi connectivity index (χ0n) is 20.6. The summed E-state index contributed by atoms with van der Waals surface area (Å²) in [7, 11) is -2.65. The molecule has 1 unspecified atom stereocenters. The average molecular weight is 448 g/mol. The lowest BCUT2D eigenvalue weighted by molar-refractivity contribution is -0.121. The number of amides is 1. The Hall–Kier alpha value is -0.473. The van der Waals surface area contributed by atoms with Crippen LogP contribution in [0.1, 0.15) is 99.3 Å². The maximum absolute atomic E-state index is 12.2. The largest absolute Gasteiger partial charge is 0.500 e. The molecule has 0 aliphatic carbocycles. The van der Waals surface area contributed by atoms with Crippen molar-refractivity contribution in [1.29, 1.82) is 0 Å². The number of nitrogens with one attached hydrogen (secondary N) is 1. The summed E-state index contributed by atoms with van der Waals surface area (Å²) in [6.45, 7) is 14.7. The molecule has 1 amide bonds. The second-order valence-electron chi connectivity index (χ2n) is 8.82. The molecule has 30 heavy (non-hydrogen) atoms. The number of aliphatic hydroxyl groups excluding tert-OH is 1. The van der Waals surface area contributed by atoms with Crippen LogP contribution in [-0.2, 0) is 18.1 Å². The van der Waals surface area contributed by atoms with Crippen molar-refractivity contribution in [1.82, 2.24) is 5.32 Å². The highest BCUT2D eigenvalue weighted by molar-refractivity contribution is 6.60. The first kappa shape index (κ1) is 29.5. The van der Waals surface area contributed by atoms with Gasteiger partial charge < -0.3 is 23.7 Å². The molecule has 0 aliphatic heterocycles. The number of unbranched alkanes of at least 4 members (excludes halogenated alkanes) is 3. The molecule has 7 heteroatoms. The van der Waals surface area contributed by atoms with Gasteiger partial charge in [0.2, 0.25) is 5.91 Å². The van der Waals surface area contributed by atoms with Crippen LogP contribution in [0.25, 0.3) is 0 Å². The maximum atomic E-state index is 12.2. The van der Waals surface area contributed by atoms with E-state index in [0.29, 0.717) is 32.8 Å². The Kier molecular flexibility index (Phi) is 16.9. The van der Waals surface area contributed by atoms with Gasteiger partial charge in [-0.05, 0) is 51.9 Å². The standard InChI is InChI=1S/C23H49NO5Si/c1-7-11-12-15-21(25)16-13-14-17-22(26)24-20-23(5,6)18-19-30(27-8-2,28-9-3)29-10-4/h21,25H,7-20H2,1-6H3,(H,24,26). The number of hydrogen-bond donors (Lipinski definition) is 2. The predicted molar refractivity (Wildman–Crippen MR) is 125 cm³/mol. The molecular weight excluding hydrogens is 398 g/mol. The van der Waals surface area contributed by atoms with E-state index in [-0.39, 0.29) is 17.4 Å². The lowest BCUT2D eigenvalue weighted by Gasteiger charge is -2.32. The van der Waals surface area contributed by atoms with Crippen molar-refractivity contribution in [3.8, 4) is 0 Å². The summed E-state index contributed by atoms with van der Waals surface area (Å²) in [4.78, 5) is 12.2. The van der Waals surface area contributed by atoms with Crippen LogP contribution in [0, 0.1) is 5.41 Å². The smallest absolute Gasteiger partial charge is 0.393 e. The normalized spacial score (nSPS) is 13.4. The molecule has 0 aromatic heterocycles. The van der Waals surface area contributed by atoms with E-state index in [2.05, 4.69) is 26.1 Å². The summed E-state index contributed by atoms with van der Waals surface area (Å²) < 4.78 is 17.8. The van der Waals surface area contributed by atoms with Crippen LogP contribution in [0.3, 0.4) is 0 Å². The summed E-state index contributed by atoms with van der Waals surface area (Å²) in [5.74, 6) is 0.0893. The topological polar surface area (TPSA) is 77.0 Å². The van der Waals surface area contributed by atoms with Gasteiger partial charge in [-0.15, -0.1) is 0 Å². The predicted octanol–water partition coefficient (Wildman–Crippen LogP) is 5.07. The maximum Gasteiger partial charge on any atom is 0.500 e. The third kappa shape index (κ3) is 14.5. The van der Waals surface area contributed by atoms with Crippen LogP contribution < -0.4 is 5.32 Å². The van der Waals surface area contributed by atoms with Crippen molar-refractivity contribution in [2.24, 2.45) is 5.41 Å². The van der Waals surface area contributed by atoms with Gasteiger partial charge in [0.25, 0.3) is 0 Å². The van der Waals surface area contributed by atoms with Gasteiger partial charge in [0, 0.05) is 38.8 Å². The molecule has 0 radical (unpaired) electrons. The first-order valence-corrected chi connectivity index (χ1v) is 14.0. The lowest BCUT2D eigenvalue weighted by Crippen LogP contribution is -2.47. The molecule has 180 valence electrons. The Bertz CT molecular complexity index is 417. The molecule has 0 aromatic carbocycles. The van der Waals surface area contributed by atoms with E-state index in [4.69, 9.17) is 13.3 Å². The molecule has 6 nitrogen and oxygen atoms in total. The fourth-order valence-electron chi connectivity index (χ4n) is 3.45. The van der Waals surface area contributed by atoms with Gasteiger partial charge in [0.1, 0.15) is 0 Å². The molecular formula is C23H49NO5Si. The minimum absolute atomic E-state index is 0.0608. The Morgan fingerprint density at radius 2 is 1.47 bits per heavy atom. The van der Waals surface area contributed by atoms with Crippen molar-refractivity contribution in [2.45, 2.75) is 111 Å². The zero-order valence-corrected chi connectivity index (χ0v) is 21.6. The third-order valence-corrected chi connectivity index (χ3v) is 8.34. The van der Waals surface area contributed by atoms with Crippen molar-refractivity contribution in [3.63, 3.8) is 0 Å². The molecule has 0 fully saturated rings. The van der Waals surface area contributed by atoms with E-state index in [0.717, 1.165) is 44.6 Å². The fraction of sp³-hybridized carbons (Fsp3) is 0.957. The van der Waals surface area contributed by atoms with Crippen LogP contribution in [0.5, 0.6) is 0 Å². The third-order valence-electron chi connectivity index (χ3n) is 5.30. The molecule has 2 N–H and O–H groups in total. The van der Waals surface area contributed by atoms with Crippen molar-refractivity contribution in [2.75, 3.05) is 26.4 Å². The molecule has 0 aromatic rings. The van der Waals surface area contributed by atoms with E-state index < -0.39 is 8.80 Å². The molecule has 0 saturated carbocycles. The van der Waals surface area contributed by atoms with Crippen LogP contribution >= 0.6 is 0 Å². The van der Waals surface area contributed by atoms with Crippen molar-refractivity contribution < 1.29 is 23.2 Å². The molecule has 0 aliphatic rings. The quantitative estimate of drug-likeness (QED) is 0.201. The highest BCUT2D eigenvalue weighted by Crippen LogP contribution is 2.28. The van der Waals surface area contributed by atoms with Crippen LogP contribution in [0.15, 0.2) is 0 Å². The van der Waals surface area contributed by atoms with E-state index in [1.807, 2.05) is 20.8 Å². The van der Waals surface area contributed by atoms with Crippen molar-refractivity contribution >= 4 is 14.7 Å². The highest BCUT2D eigenvalue weighted by atomic mass is 28.4. The molecule has 0 rings (SSSR count). The number of carbonyl (C=O) groups is 1. The fourth-order valence-corrected chi connectivity index (χ4v) is 6.43. The van der Waals surface area contributed by atoms with E-state index in [1.54, 1.807) is 0 Å². The van der Waals surface area contributed by atoms with Gasteiger partial charge in [0.15, 0.2) is 0 Å². The second-order valence-corrected chi connectivity index (χ2v) is 11.6. The molecule has 1 atom stereocenters. The van der Waals surface area contributed by atoms with Gasteiger partial charge in [-0.3, -0.25) is 4.79 Å². The summed E-state index contributed by atoms with van der Waals surface area (Å²) >= 11 is 0. The molecule has 0 spiro atoms. The summed E-state index contributed by atoms with van der Waals surface area (Å²) in [5, 5.41) is 13.0. The lowest BCUT2D eigenvalue weighted by atomic mass is 9.90. The van der Waals surface area contributed by atoms with Gasteiger partial charge in [-0.1, -0.05) is 46.5 Å². The number of hydrogen-bond acceptors (Lipinski definition) is 5. The minimum Gasteiger partial charge on any atom is -0.393 e. The number of aliphatic hydroxyl groups is 1. The molecule has 0 saturated heterocycles. The molecule has 0 bridgehead atoms. The van der Waals surface area contributed by atoms with E-state index in [9.17, 15) is 9.90 Å². The SMILES string of the molecule is CCCCCC(O)CCCCC(=O)NCC(C)(C)CC[Si](OCC)(OCC)OCC. The van der Waals surface area contributed by atoms with Gasteiger partial charge in [-0.25, -0.2) is 0 Å². The Labute approximate surface area is 186 Å². The first-order chi connectivity index (χ1) is 14.2. The Balaban J connectivity index is 4.22. The van der Waals surface area contributed by atoms with Gasteiger partial charge in [0.05, 0.1) is 6.10 Å². The van der Waals surface area contributed by atoms with Gasteiger partial charge >= 0.3 is 8.80 Å². The molecule has 0 heterocycles. The minimum atomic E-state index is -2.65. The van der Waals surface area contributed by atoms with E-state index in [1.165, 1.54) is 12.8 Å². The monoisotopic (exact) mass is 447 g/mol. The Morgan fingerprint density at radius 1 is 0.933 bits per heavy atom. The number of rotatable bonds is 20. The van der Waals surface area contributed by atoms with Crippen LogP contribution in [0.4, 0.5) is 0 Å². The summed E-state index contributed by atoms with van der Waals surface area (Å²) in [6, 6.07) is 0.751. The number of carbonyl (C=O) groups excluding carboxylic acids is 1. The highest BCUT2D eigenvalue weighted by Gasteiger charge is 2.41. The van der Waals surface area contributed by atoms with Crippen LogP contribution in [-0.4, -0.2) is 52.3 Å². The summed E-state index contributed by atoms with van der Waals surface area (Å²) in [6.07, 6.45) is 8.01. The second kappa shape index (κ2) is 17.1. The average Bonchev–Trinajstić information content (AvgIpc) is 2.69. The zero-order chi connectivity index (χ0) is 22.9. The first-order valence-electron chi connectivity index (χ1n) is 12.1. The van der Waals surface area contributed by atoms with Crippen molar-refractivity contribution in [3.05, 3.63) is 0 Å². The van der Waals surface area contributed by atoms with E-state index >= 15 is 0 Å². The Morgan fingerprint density at radius 3 is 1.97 bits per heavy atom. The van der Waals surface area contributed by atoms with Crippen LogP contribution in [0.2, 0.25) is 6.04 Å². The summed E-state index contributed by atoms with van der Waals surface area (Å²) in [5.41, 5.74) is -0.0608. The van der Waals surface area contributed by atoms with Gasteiger partial charge in [-0.2, -0.15) is 0 Å².